The summed E-state index contributed by atoms with van der Waals surface area (Å²) in [5, 5.41) is 35.8. The zero-order chi connectivity index (χ0) is 51.9. The summed E-state index contributed by atoms with van der Waals surface area (Å²) >= 11 is 0. The van der Waals surface area contributed by atoms with Crippen molar-refractivity contribution in [2.24, 2.45) is 16.2 Å². The van der Waals surface area contributed by atoms with Crippen LogP contribution >= 0.6 is 23.5 Å². The number of Topliss-reactive ketones (excluding diaryl/α,β-unsaturated/α-hetero) is 1. The van der Waals surface area contributed by atoms with Crippen LogP contribution in [0.2, 0.25) is 0 Å². The van der Waals surface area contributed by atoms with Crippen molar-refractivity contribution >= 4 is 64.0 Å². The number of rotatable bonds is 29. The molecular weight excluding hydrogens is 987 g/mol. The number of ether oxygens (including phenoxy) is 1. The van der Waals surface area contributed by atoms with Crippen LogP contribution in [0.15, 0.2) is 36.9 Å². The van der Waals surface area contributed by atoms with Gasteiger partial charge in [0.05, 0.1) is 32.8 Å². The van der Waals surface area contributed by atoms with E-state index in [1.54, 1.807) is 13.8 Å². The van der Waals surface area contributed by atoms with Crippen molar-refractivity contribution in [3.05, 3.63) is 48.0 Å². The van der Waals surface area contributed by atoms with Crippen LogP contribution in [0, 0.1) is 16.2 Å². The summed E-state index contributed by atoms with van der Waals surface area (Å²) in [6, 6.07) is 8.21. The quantitative estimate of drug-likeness (QED) is 0.0501. The maximum absolute atomic E-state index is 13.1. The lowest BCUT2D eigenvalue weighted by molar-refractivity contribution is -0.347. The van der Waals surface area contributed by atoms with E-state index in [-0.39, 0.29) is 48.7 Å². The van der Waals surface area contributed by atoms with Gasteiger partial charge in [0.2, 0.25) is 11.8 Å². The van der Waals surface area contributed by atoms with Gasteiger partial charge in [0.1, 0.15) is 42.0 Å². The second-order valence-electron chi connectivity index (χ2n) is 18.6. The van der Waals surface area contributed by atoms with E-state index < -0.39 is 101 Å². The first-order valence-electron chi connectivity index (χ1n) is 22.2. The molecule has 390 valence electrons. The molecule has 1 saturated carbocycles. The Morgan fingerprint density at radius 2 is 1.54 bits per heavy atom. The van der Waals surface area contributed by atoms with Gasteiger partial charge in [0, 0.05) is 36.8 Å². The molecule has 1 saturated heterocycles. The van der Waals surface area contributed by atoms with Crippen LogP contribution in [0.3, 0.4) is 0 Å². The van der Waals surface area contributed by atoms with Gasteiger partial charge in [-0.25, -0.2) is 19.3 Å². The molecule has 3 aromatic rings. The number of aromatic nitrogens is 4. The van der Waals surface area contributed by atoms with Crippen molar-refractivity contribution in [2.75, 3.05) is 32.0 Å². The highest BCUT2D eigenvalue weighted by Crippen LogP contribution is 2.57. The lowest BCUT2D eigenvalue weighted by Crippen LogP contribution is -2.46. The first-order valence-corrected chi connectivity index (χ1v) is 26.6. The fourth-order valence-corrected chi connectivity index (χ4v) is 10.4. The lowest BCUT2D eigenvalue weighted by Gasteiger charge is -2.36. The van der Waals surface area contributed by atoms with Crippen LogP contribution in [0.5, 0.6) is 0 Å². The number of nitrogens with zero attached hydrogens (tertiary/aromatic N) is 4. The van der Waals surface area contributed by atoms with Crippen LogP contribution in [-0.4, -0.2) is 109 Å². The van der Waals surface area contributed by atoms with Gasteiger partial charge >= 0.3 is 5.97 Å². The fraction of sp³-hybridized carbons (Fsp3) is 0.634. The highest BCUT2D eigenvalue weighted by Gasteiger charge is 2.49. The molecule has 2 amide bonds. The third-order valence-electron chi connectivity index (χ3n) is 12.2. The third-order valence-corrected chi connectivity index (χ3v) is 15.2. The predicted octanol–water partition coefficient (Wildman–Crippen LogP) is 0.0727. The molecular formula is C41H58N7O19P3-4. The summed E-state index contributed by atoms with van der Waals surface area (Å²) in [5.74, 6) is -2.35. The minimum Gasteiger partial charge on any atom is -0.790 e. The molecule has 3 heterocycles. The molecule has 5 rings (SSSR count). The molecule has 70 heavy (non-hydrogen) atoms. The van der Waals surface area contributed by atoms with Gasteiger partial charge in [-0.05, 0) is 76.3 Å². The molecule has 0 spiro atoms. The Labute approximate surface area is 402 Å². The van der Waals surface area contributed by atoms with Crippen LogP contribution in [0.4, 0.5) is 5.82 Å². The van der Waals surface area contributed by atoms with Crippen molar-refractivity contribution in [1.82, 2.24) is 30.2 Å². The number of phosphoric acid groups is 3. The largest absolute Gasteiger partial charge is 0.790 e. The van der Waals surface area contributed by atoms with Crippen molar-refractivity contribution in [3.63, 3.8) is 0 Å². The number of ketones is 1. The maximum atomic E-state index is 13.1. The molecule has 1 aromatic carbocycles. The molecule has 26 nitrogen and oxygen atoms in total. The van der Waals surface area contributed by atoms with E-state index in [0.717, 1.165) is 73.3 Å². The minimum atomic E-state index is -5.94. The van der Waals surface area contributed by atoms with Gasteiger partial charge in [-0.15, -0.1) is 0 Å². The number of aliphatic carboxylic acids is 1. The SMILES string of the molecule is CC(C)(CCCc1ccc(CCCC2(C(=O)CCNC(=O)CCNC(=O)C(O)C(C)(C)COP(=O)([O-])OP(=O)([O-])OCC3OC(n4cnc5c(N)ncnc54)C(O)C3OP(=O)([O-])[O-])CC2)cc1)C(=O)O. The lowest BCUT2D eigenvalue weighted by atomic mass is 9.86. The Kier molecular flexibility index (Phi) is 18.8. The number of carbonyl (C=O) groups excluding carboxylic acids is 3. The summed E-state index contributed by atoms with van der Waals surface area (Å²) in [6.07, 6.45) is -1.56. The number of carboxylic acids is 1. The van der Waals surface area contributed by atoms with E-state index in [4.69, 9.17) is 10.5 Å². The molecule has 0 radical (unpaired) electrons. The Morgan fingerprint density at radius 1 is 0.929 bits per heavy atom. The number of carboxylic acid groups (broad SMARTS) is 1. The number of hydrogen-bond donors (Lipinski definition) is 6. The monoisotopic (exact) mass is 1050 g/mol. The Hall–Kier alpha value is -4.10. The number of nitrogens with two attached hydrogens (primary N) is 1. The van der Waals surface area contributed by atoms with E-state index in [2.05, 4.69) is 55.6 Å². The normalized spacial score (nSPS) is 21.4. The number of fused-ring (bicyclic) bond motifs is 1. The third kappa shape index (κ3) is 15.9. The molecule has 7 N–H and O–H groups in total. The first kappa shape index (κ1) is 56.8. The van der Waals surface area contributed by atoms with Gasteiger partial charge in [-0.3, -0.25) is 32.9 Å². The molecule has 2 aliphatic rings. The summed E-state index contributed by atoms with van der Waals surface area (Å²) < 4.78 is 60.9. The molecule has 1 aliphatic heterocycles. The number of aliphatic hydroxyl groups is 2. The number of hydrogen-bond acceptors (Lipinski definition) is 22. The molecule has 29 heteroatoms. The second kappa shape index (κ2) is 23.2. The summed E-state index contributed by atoms with van der Waals surface area (Å²) in [4.78, 5) is 109. The van der Waals surface area contributed by atoms with Crippen LogP contribution in [0.1, 0.15) is 96.4 Å². The number of benzene rings is 1. The van der Waals surface area contributed by atoms with E-state index in [1.165, 1.54) is 13.8 Å². The Morgan fingerprint density at radius 3 is 2.16 bits per heavy atom. The molecule has 2 aromatic heterocycles. The van der Waals surface area contributed by atoms with Gasteiger partial charge in [0.25, 0.3) is 15.6 Å². The van der Waals surface area contributed by atoms with Crippen molar-refractivity contribution in [1.29, 1.82) is 0 Å². The summed E-state index contributed by atoms with van der Waals surface area (Å²) in [7, 11) is -17.7. The number of imidazole rings is 1. The number of anilines is 1. The maximum Gasteiger partial charge on any atom is 0.309 e. The van der Waals surface area contributed by atoms with Gasteiger partial charge in [-0.2, -0.15) is 0 Å². The number of amides is 2. The van der Waals surface area contributed by atoms with Gasteiger partial charge in [0.15, 0.2) is 17.7 Å². The Bertz CT molecular complexity index is 2480. The first-order chi connectivity index (χ1) is 32.5. The zero-order valence-electron chi connectivity index (χ0n) is 38.8. The van der Waals surface area contributed by atoms with Crippen LogP contribution in [0.25, 0.3) is 11.2 Å². The highest BCUT2D eigenvalue weighted by atomic mass is 31.3. The van der Waals surface area contributed by atoms with Crippen molar-refractivity contribution in [2.45, 2.75) is 123 Å². The van der Waals surface area contributed by atoms with E-state index in [1.807, 2.05) is 12.1 Å². The molecule has 0 bridgehead atoms. The minimum absolute atomic E-state index is 0.0271. The van der Waals surface area contributed by atoms with Gasteiger partial charge in [-0.1, -0.05) is 38.1 Å². The molecule has 7 atom stereocenters. The number of phosphoric ester groups is 3. The fourth-order valence-electron chi connectivity index (χ4n) is 7.66. The number of carbonyl (C=O) groups is 4. The van der Waals surface area contributed by atoms with Crippen LogP contribution in [-0.2, 0) is 68.3 Å². The smallest absolute Gasteiger partial charge is 0.309 e. The highest BCUT2D eigenvalue weighted by molar-refractivity contribution is 7.59. The zero-order valence-corrected chi connectivity index (χ0v) is 41.5. The van der Waals surface area contributed by atoms with Gasteiger partial charge < -0.3 is 74.1 Å². The van der Waals surface area contributed by atoms with E-state index in [9.17, 15) is 67.8 Å². The van der Waals surface area contributed by atoms with Crippen molar-refractivity contribution < 1.29 is 90.4 Å². The number of nitrogen functional groups attached to an aromatic ring is 1. The van der Waals surface area contributed by atoms with E-state index >= 15 is 0 Å². The number of nitrogens with one attached hydrogen (secondary N) is 2. The summed E-state index contributed by atoms with van der Waals surface area (Å²) in [6.45, 7) is 3.37. The number of aliphatic hydroxyl groups excluding tert-OH is 2. The molecule has 1 aliphatic carbocycles. The molecule has 2 fully saturated rings. The second-order valence-corrected chi connectivity index (χ2v) is 22.7. The van der Waals surface area contributed by atoms with Crippen LogP contribution < -0.4 is 35.9 Å². The predicted molar refractivity (Wildman–Crippen MR) is 236 cm³/mol. The average Bonchev–Trinajstić information content (AvgIpc) is 3.84. The van der Waals surface area contributed by atoms with E-state index in [0.29, 0.717) is 6.42 Å². The topological polar surface area (TPSA) is 412 Å². The average molecular weight is 1050 g/mol. The molecule has 7 unspecified atom stereocenters. The standard InChI is InChI=1S/C41H62N7O19P3/c1-39(2,38(54)55)15-5-7-25-9-11-26(12-10-25)8-6-16-41(17-18-41)28(49)13-19-43-29(50)14-20-44-36(53)33(52)40(3,4)22-64-70(61,62)67-69(59,60)63-21-27-32(66-68(56,57)58)31(51)37(65-27)48-24-47-30-34(42)45-23-46-35(30)48/h9-12,23-24,27,31-33,37,51-52H,5-8,13-22H2,1-4H3,(H,43,50)(H,44,53)(H,54,55)(H,59,60)(H,61,62)(H2,42,45,46)(H2,56,57,58)/p-4. The van der Waals surface area contributed by atoms with Crippen molar-refractivity contribution in [3.8, 4) is 0 Å². The Balaban J connectivity index is 0.986. The number of aryl methyl sites for hydroxylation is 2. The summed E-state index contributed by atoms with van der Waals surface area (Å²) in [5.41, 5.74) is 5.16.